The number of ether oxygens (including phenoxy) is 1. The van der Waals surface area contributed by atoms with E-state index in [1.807, 2.05) is 68.4 Å². The number of aliphatic imine (C=N–C) groups is 1. The van der Waals surface area contributed by atoms with Crippen molar-refractivity contribution in [2.24, 2.45) is 4.99 Å². The SMILES string of the molecule is CN=C(NCc1ccc(Oc2ccccc2)cc1)NCc1nc(C)c(C)o1. The molecule has 3 rings (SSSR count). The summed E-state index contributed by atoms with van der Waals surface area (Å²) in [5.74, 6) is 3.81. The number of nitrogens with one attached hydrogen (secondary N) is 2. The molecule has 27 heavy (non-hydrogen) atoms. The van der Waals surface area contributed by atoms with Gasteiger partial charge in [-0.2, -0.15) is 0 Å². The van der Waals surface area contributed by atoms with Crippen molar-refractivity contribution in [2.45, 2.75) is 26.9 Å². The predicted octanol–water partition coefficient (Wildman–Crippen LogP) is 3.95. The van der Waals surface area contributed by atoms with Gasteiger partial charge < -0.3 is 19.8 Å². The van der Waals surface area contributed by atoms with Crippen LogP contribution in [0.25, 0.3) is 0 Å². The van der Waals surface area contributed by atoms with Gasteiger partial charge in [0.25, 0.3) is 0 Å². The first-order valence-corrected chi connectivity index (χ1v) is 8.83. The van der Waals surface area contributed by atoms with Crippen LogP contribution in [0.15, 0.2) is 64.0 Å². The molecule has 0 aliphatic carbocycles. The molecule has 0 saturated heterocycles. The van der Waals surface area contributed by atoms with E-state index in [-0.39, 0.29) is 0 Å². The molecule has 2 N–H and O–H groups in total. The number of benzene rings is 2. The lowest BCUT2D eigenvalue weighted by Gasteiger charge is -2.11. The summed E-state index contributed by atoms with van der Waals surface area (Å²) in [6, 6.07) is 17.7. The fraction of sp³-hybridized carbons (Fsp3) is 0.238. The van der Waals surface area contributed by atoms with Gasteiger partial charge in [0.15, 0.2) is 5.96 Å². The summed E-state index contributed by atoms with van der Waals surface area (Å²) in [4.78, 5) is 8.57. The summed E-state index contributed by atoms with van der Waals surface area (Å²) in [5.41, 5.74) is 2.04. The maximum atomic E-state index is 5.81. The number of para-hydroxylation sites is 1. The predicted molar refractivity (Wildman–Crippen MR) is 106 cm³/mol. The first-order valence-electron chi connectivity index (χ1n) is 8.83. The van der Waals surface area contributed by atoms with E-state index in [2.05, 4.69) is 20.6 Å². The van der Waals surface area contributed by atoms with Gasteiger partial charge in [0, 0.05) is 13.6 Å². The molecule has 1 aromatic heterocycles. The molecule has 0 saturated carbocycles. The number of hydrogen-bond donors (Lipinski definition) is 2. The second-order valence-electron chi connectivity index (χ2n) is 6.09. The molecule has 0 unspecified atom stereocenters. The number of hydrogen-bond acceptors (Lipinski definition) is 4. The smallest absolute Gasteiger partial charge is 0.214 e. The van der Waals surface area contributed by atoms with Crippen LogP contribution in [0, 0.1) is 13.8 Å². The van der Waals surface area contributed by atoms with Crippen molar-refractivity contribution in [3.05, 3.63) is 77.5 Å². The first-order chi connectivity index (χ1) is 13.1. The fourth-order valence-corrected chi connectivity index (χ4v) is 2.48. The Hall–Kier alpha value is -3.28. The van der Waals surface area contributed by atoms with Crippen LogP contribution < -0.4 is 15.4 Å². The standard InChI is InChI=1S/C21H24N4O2/c1-15-16(2)26-20(25-15)14-24-21(22-3)23-13-17-9-11-19(12-10-17)27-18-7-5-4-6-8-18/h4-12H,13-14H2,1-3H3,(H2,22,23,24). The van der Waals surface area contributed by atoms with Gasteiger partial charge in [0.05, 0.1) is 12.2 Å². The Morgan fingerprint density at radius 3 is 2.26 bits per heavy atom. The number of rotatable bonds is 6. The van der Waals surface area contributed by atoms with Crippen molar-refractivity contribution in [1.82, 2.24) is 15.6 Å². The summed E-state index contributed by atoms with van der Waals surface area (Å²) < 4.78 is 11.4. The molecule has 1 heterocycles. The Morgan fingerprint density at radius 2 is 1.63 bits per heavy atom. The van der Waals surface area contributed by atoms with E-state index < -0.39 is 0 Å². The number of aromatic nitrogens is 1. The fourth-order valence-electron chi connectivity index (χ4n) is 2.48. The van der Waals surface area contributed by atoms with E-state index in [4.69, 9.17) is 9.15 Å². The van der Waals surface area contributed by atoms with Crippen LogP contribution in [-0.4, -0.2) is 18.0 Å². The lowest BCUT2D eigenvalue weighted by atomic mass is 10.2. The first kappa shape index (κ1) is 18.5. The molecule has 3 aromatic rings. The van der Waals surface area contributed by atoms with Crippen molar-refractivity contribution in [2.75, 3.05) is 7.05 Å². The van der Waals surface area contributed by atoms with Crippen LogP contribution in [0.5, 0.6) is 11.5 Å². The highest BCUT2D eigenvalue weighted by atomic mass is 16.5. The Bertz CT molecular complexity index is 867. The molecule has 0 bridgehead atoms. The van der Waals surface area contributed by atoms with E-state index in [1.165, 1.54) is 0 Å². The largest absolute Gasteiger partial charge is 0.457 e. The summed E-state index contributed by atoms with van der Waals surface area (Å²) >= 11 is 0. The average molecular weight is 364 g/mol. The van der Waals surface area contributed by atoms with E-state index in [0.29, 0.717) is 24.9 Å². The zero-order valence-electron chi connectivity index (χ0n) is 15.8. The minimum Gasteiger partial charge on any atom is -0.457 e. The molecule has 0 aliphatic rings. The number of oxazole rings is 1. The molecule has 140 valence electrons. The molecule has 0 aliphatic heterocycles. The maximum absolute atomic E-state index is 5.81. The Balaban J connectivity index is 1.49. The molecule has 0 atom stereocenters. The van der Waals surface area contributed by atoms with E-state index in [0.717, 1.165) is 28.5 Å². The van der Waals surface area contributed by atoms with Crippen LogP contribution in [0.1, 0.15) is 22.9 Å². The zero-order chi connectivity index (χ0) is 19.1. The number of nitrogens with zero attached hydrogens (tertiary/aromatic N) is 2. The van der Waals surface area contributed by atoms with E-state index >= 15 is 0 Å². The van der Waals surface area contributed by atoms with Crippen molar-refractivity contribution in [1.29, 1.82) is 0 Å². The van der Waals surface area contributed by atoms with E-state index in [9.17, 15) is 0 Å². The monoisotopic (exact) mass is 364 g/mol. The highest BCUT2D eigenvalue weighted by molar-refractivity contribution is 5.79. The second kappa shape index (κ2) is 8.89. The molecular weight excluding hydrogens is 340 g/mol. The van der Waals surface area contributed by atoms with Crippen LogP contribution in [0.3, 0.4) is 0 Å². The van der Waals surface area contributed by atoms with Gasteiger partial charge in [-0.1, -0.05) is 30.3 Å². The molecule has 0 spiro atoms. The molecule has 6 nitrogen and oxygen atoms in total. The van der Waals surface area contributed by atoms with Gasteiger partial charge in [0.1, 0.15) is 17.3 Å². The van der Waals surface area contributed by atoms with Gasteiger partial charge in [0.2, 0.25) is 5.89 Å². The Labute approximate surface area is 159 Å². The van der Waals surface area contributed by atoms with Crippen molar-refractivity contribution in [3.63, 3.8) is 0 Å². The third-order valence-corrected chi connectivity index (χ3v) is 4.07. The van der Waals surface area contributed by atoms with Crippen molar-refractivity contribution in [3.8, 4) is 11.5 Å². The highest BCUT2D eigenvalue weighted by Gasteiger charge is 2.06. The lowest BCUT2D eigenvalue weighted by molar-refractivity contribution is 0.463. The third-order valence-electron chi connectivity index (χ3n) is 4.07. The molecule has 0 amide bonds. The van der Waals surface area contributed by atoms with Crippen LogP contribution >= 0.6 is 0 Å². The summed E-state index contributed by atoms with van der Waals surface area (Å²) in [7, 11) is 1.73. The van der Waals surface area contributed by atoms with Crippen LogP contribution in [0.4, 0.5) is 0 Å². The molecule has 6 heteroatoms. The van der Waals surface area contributed by atoms with E-state index in [1.54, 1.807) is 7.05 Å². The number of guanidine groups is 1. The third kappa shape index (κ3) is 5.34. The highest BCUT2D eigenvalue weighted by Crippen LogP contribution is 2.21. The second-order valence-corrected chi connectivity index (χ2v) is 6.09. The Morgan fingerprint density at radius 1 is 0.963 bits per heavy atom. The van der Waals surface area contributed by atoms with Gasteiger partial charge in [-0.25, -0.2) is 4.98 Å². The van der Waals surface area contributed by atoms with Gasteiger partial charge in [-0.15, -0.1) is 0 Å². The average Bonchev–Trinajstić information content (AvgIpc) is 3.01. The minimum absolute atomic E-state index is 0.484. The lowest BCUT2D eigenvalue weighted by Crippen LogP contribution is -2.36. The van der Waals surface area contributed by atoms with Crippen molar-refractivity contribution >= 4 is 5.96 Å². The quantitative estimate of drug-likeness (QED) is 0.512. The summed E-state index contributed by atoms with van der Waals surface area (Å²) in [6.45, 7) is 4.97. The normalized spacial score (nSPS) is 11.3. The topological polar surface area (TPSA) is 71.7 Å². The molecule has 0 fully saturated rings. The molecule has 2 aromatic carbocycles. The van der Waals surface area contributed by atoms with Gasteiger partial charge in [-0.3, -0.25) is 4.99 Å². The molecular formula is C21H24N4O2. The van der Waals surface area contributed by atoms with Crippen molar-refractivity contribution < 1.29 is 9.15 Å². The zero-order valence-corrected chi connectivity index (χ0v) is 15.8. The van der Waals surface area contributed by atoms with Gasteiger partial charge >= 0.3 is 0 Å². The van der Waals surface area contributed by atoms with Gasteiger partial charge in [-0.05, 0) is 43.7 Å². The van der Waals surface area contributed by atoms with Crippen LogP contribution in [-0.2, 0) is 13.1 Å². The summed E-state index contributed by atoms with van der Waals surface area (Å²) in [5, 5.41) is 6.47. The number of aryl methyl sites for hydroxylation is 2. The maximum Gasteiger partial charge on any atom is 0.214 e. The minimum atomic E-state index is 0.484. The summed E-state index contributed by atoms with van der Waals surface area (Å²) in [6.07, 6.45) is 0. The Kier molecular flexibility index (Phi) is 6.10. The van der Waals surface area contributed by atoms with Crippen LogP contribution in [0.2, 0.25) is 0 Å². The molecule has 0 radical (unpaired) electrons.